The fourth-order valence-corrected chi connectivity index (χ4v) is 2.19. The van der Waals surface area contributed by atoms with E-state index in [0.29, 0.717) is 17.7 Å². The Morgan fingerprint density at radius 1 is 1.44 bits per heavy atom. The molecule has 0 aromatic carbocycles. The number of carbonyl (C=O) groups excluding carboxylic acids is 1. The summed E-state index contributed by atoms with van der Waals surface area (Å²) in [4.78, 5) is 13.9. The Hall–Kier alpha value is -0.570. The molecule has 0 aliphatic carbocycles. The summed E-state index contributed by atoms with van der Waals surface area (Å²) < 4.78 is 0. The molecule has 0 aromatic heterocycles. The van der Waals surface area contributed by atoms with E-state index in [2.05, 4.69) is 19.2 Å². The summed E-state index contributed by atoms with van der Waals surface area (Å²) in [5, 5.41) is 3.33. The molecule has 16 heavy (non-hydrogen) atoms. The first-order valence-corrected chi connectivity index (χ1v) is 6.58. The lowest BCUT2D eigenvalue weighted by Crippen LogP contribution is -2.35. The maximum Gasteiger partial charge on any atom is 0.222 e. The van der Waals surface area contributed by atoms with Crippen molar-refractivity contribution in [3.05, 3.63) is 0 Å². The zero-order valence-electron chi connectivity index (χ0n) is 11.0. The minimum absolute atomic E-state index is 0.326. The molecular formula is C13H26N2O. The molecular weight excluding hydrogens is 200 g/mol. The zero-order chi connectivity index (χ0) is 12.0. The van der Waals surface area contributed by atoms with Crippen molar-refractivity contribution in [3.63, 3.8) is 0 Å². The van der Waals surface area contributed by atoms with Crippen LogP contribution in [-0.4, -0.2) is 37.5 Å². The Morgan fingerprint density at radius 3 is 2.62 bits per heavy atom. The highest BCUT2D eigenvalue weighted by Crippen LogP contribution is 2.17. The smallest absolute Gasteiger partial charge is 0.222 e. The van der Waals surface area contributed by atoms with Crippen LogP contribution >= 0.6 is 0 Å². The van der Waals surface area contributed by atoms with Crippen molar-refractivity contribution in [1.82, 2.24) is 10.2 Å². The van der Waals surface area contributed by atoms with Crippen molar-refractivity contribution in [3.8, 4) is 0 Å². The molecule has 94 valence electrons. The third-order valence-electron chi connectivity index (χ3n) is 3.63. The number of carbonyl (C=O) groups is 1. The highest BCUT2D eigenvalue weighted by Gasteiger charge is 2.19. The van der Waals surface area contributed by atoms with Gasteiger partial charge in [0.05, 0.1) is 0 Å². The lowest BCUT2D eigenvalue weighted by atomic mass is 9.94. The number of hydrogen-bond acceptors (Lipinski definition) is 2. The van der Waals surface area contributed by atoms with Gasteiger partial charge in [-0.15, -0.1) is 0 Å². The minimum atomic E-state index is 0.326. The fourth-order valence-electron chi connectivity index (χ4n) is 2.19. The number of amides is 1. The Kier molecular flexibility index (Phi) is 5.81. The largest absolute Gasteiger partial charge is 0.345 e. The van der Waals surface area contributed by atoms with Crippen LogP contribution in [0.4, 0.5) is 0 Å². The van der Waals surface area contributed by atoms with E-state index >= 15 is 0 Å². The predicted octanol–water partition coefficient (Wildman–Crippen LogP) is 1.88. The van der Waals surface area contributed by atoms with E-state index in [1.807, 2.05) is 11.9 Å². The first-order valence-electron chi connectivity index (χ1n) is 6.58. The highest BCUT2D eigenvalue weighted by atomic mass is 16.2. The Bertz CT molecular complexity index is 212. The summed E-state index contributed by atoms with van der Waals surface area (Å²) in [6.07, 6.45) is 4.20. The van der Waals surface area contributed by atoms with E-state index in [9.17, 15) is 4.79 Å². The van der Waals surface area contributed by atoms with Crippen molar-refractivity contribution in [2.45, 2.75) is 39.5 Å². The number of rotatable bonds is 5. The summed E-state index contributed by atoms with van der Waals surface area (Å²) in [5.41, 5.74) is 0. The van der Waals surface area contributed by atoms with Gasteiger partial charge in [0.25, 0.3) is 0 Å². The van der Waals surface area contributed by atoms with Crippen molar-refractivity contribution in [1.29, 1.82) is 0 Å². The van der Waals surface area contributed by atoms with Crippen LogP contribution in [0.5, 0.6) is 0 Å². The second kappa shape index (κ2) is 6.89. The van der Waals surface area contributed by atoms with Gasteiger partial charge in [0.2, 0.25) is 5.91 Å². The van der Waals surface area contributed by atoms with E-state index in [-0.39, 0.29) is 0 Å². The van der Waals surface area contributed by atoms with Crippen molar-refractivity contribution < 1.29 is 4.79 Å². The second-order valence-electron chi connectivity index (χ2n) is 5.19. The Balaban J connectivity index is 2.27. The topological polar surface area (TPSA) is 32.3 Å². The highest BCUT2D eigenvalue weighted by molar-refractivity contribution is 5.76. The van der Waals surface area contributed by atoms with E-state index in [1.54, 1.807) is 0 Å². The summed E-state index contributed by atoms with van der Waals surface area (Å²) in [5.74, 6) is 1.54. The van der Waals surface area contributed by atoms with Crippen molar-refractivity contribution in [2.75, 3.05) is 26.7 Å². The van der Waals surface area contributed by atoms with Crippen molar-refractivity contribution >= 4 is 5.91 Å². The van der Waals surface area contributed by atoms with Gasteiger partial charge < -0.3 is 10.2 Å². The Morgan fingerprint density at radius 2 is 2.06 bits per heavy atom. The van der Waals surface area contributed by atoms with Crippen molar-refractivity contribution in [2.24, 2.45) is 11.8 Å². The van der Waals surface area contributed by atoms with Crippen LogP contribution in [0.15, 0.2) is 0 Å². The second-order valence-corrected chi connectivity index (χ2v) is 5.19. The van der Waals surface area contributed by atoms with E-state index in [4.69, 9.17) is 0 Å². The lowest BCUT2D eigenvalue weighted by molar-refractivity contribution is -0.131. The predicted molar refractivity (Wildman–Crippen MR) is 67.3 cm³/mol. The van der Waals surface area contributed by atoms with Gasteiger partial charge in [0, 0.05) is 20.0 Å². The maximum absolute atomic E-state index is 12.0. The van der Waals surface area contributed by atoms with Gasteiger partial charge >= 0.3 is 0 Å². The quantitative estimate of drug-likeness (QED) is 0.776. The molecule has 1 unspecified atom stereocenters. The Labute approximate surface area is 99.6 Å². The van der Waals surface area contributed by atoms with Crippen LogP contribution in [0.1, 0.15) is 39.5 Å². The van der Waals surface area contributed by atoms with Gasteiger partial charge in [-0.25, -0.2) is 0 Å². The van der Waals surface area contributed by atoms with Crippen LogP contribution in [0, 0.1) is 11.8 Å². The van der Waals surface area contributed by atoms with Gasteiger partial charge in [-0.3, -0.25) is 4.79 Å². The number of nitrogens with one attached hydrogen (secondary N) is 1. The van der Waals surface area contributed by atoms with Crippen LogP contribution in [-0.2, 0) is 4.79 Å². The summed E-state index contributed by atoms with van der Waals surface area (Å²) in [6, 6.07) is 0. The summed E-state index contributed by atoms with van der Waals surface area (Å²) in [7, 11) is 1.94. The first kappa shape index (κ1) is 13.5. The van der Waals surface area contributed by atoms with E-state index in [0.717, 1.165) is 45.3 Å². The van der Waals surface area contributed by atoms with Crippen LogP contribution in [0.3, 0.4) is 0 Å². The van der Waals surface area contributed by atoms with Gasteiger partial charge in [-0.1, -0.05) is 20.3 Å². The molecule has 0 saturated carbocycles. The zero-order valence-corrected chi connectivity index (χ0v) is 11.0. The van der Waals surface area contributed by atoms with Gasteiger partial charge in [0.1, 0.15) is 0 Å². The molecule has 1 heterocycles. The molecule has 1 aliphatic heterocycles. The summed E-state index contributed by atoms with van der Waals surface area (Å²) >= 11 is 0. The van der Waals surface area contributed by atoms with Gasteiger partial charge in [0.15, 0.2) is 0 Å². The van der Waals surface area contributed by atoms with Gasteiger partial charge in [-0.05, 0) is 37.8 Å². The molecule has 0 bridgehead atoms. The minimum Gasteiger partial charge on any atom is -0.345 e. The fraction of sp³-hybridized carbons (Fsp3) is 0.923. The summed E-state index contributed by atoms with van der Waals surface area (Å²) in [6.45, 7) is 7.43. The van der Waals surface area contributed by atoms with E-state index in [1.165, 1.54) is 0 Å². The molecule has 0 spiro atoms. The SMILES string of the molecule is CCC(C)CN(C)C(=O)CC1CCNCC1. The van der Waals surface area contributed by atoms with Crippen LogP contribution in [0.2, 0.25) is 0 Å². The normalized spacial score (nSPS) is 19.4. The molecule has 0 radical (unpaired) electrons. The standard InChI is InChI=1S/C13H26N2O/c1-4-11(2)10-15(3)13(16)9-12-5-7-14-8-6-12/h11-12,14H,4-10H2,1-3H3. The molecule has 1 amide bonds. The monoisotopic (exact) mass is 226 g/mol. The average molecular weight is 226 g/mol. The molecule has 1 atom stereocenters. The lowest BCUT2D eigenvalue weighted by Gasteiger charge is -2.26. The number of hydrogen-bond donors (Lipinski definition) is 1. The van der Waals surface area contributed by atoms with E-state index < -0.39 is 0 Å². The number of piperidine rings is 1. The van der Waals surface area contributed by atoms with Gasteiger partial charge in [-0.2, -0.15) is 0 Å². The molecule has 1 aliphatic rings. The number of nitrogens with zero attached hydrogens (tertiary/aromatic N) is 1. The third kappa shape index (κ3) is 4.52. The molecule has 3 heteroatoms. The maximum atomic E-state index is 12.0. The molecule has 1 rings (SSSR count). The molecule has 1 saturated heterocycles. The molecule has 0 aromatic rings. The first-order chi connectivity index (χ1) is 7.63. The van der Waals surface area contributed by atoms with Crippen LogP contribution < -0.4 is 5.32 Å². The molecule has 1 fully saturated rings. The average Bonchev–Trinajstić information content (AvgIpc) is 2.30. The molecule has 1 N–H and O–H groups in total. The van der Waals surface area contributed by atoms with Crippen LogP contribution in [0.25, 0.3) is 0 Å². The third-order valence-corrected chi connectivity index (χ3v) is 3.63. The molecule has 3 nitrogen and oxygen atoms in total.